The van der Waals surface area contributed by atoms with Crippen molar-refractivity contribution in [1.82, 2.24) is 4.90 Å². The minimum absolute atomic E-state index is 0.116. The van der Waals surface area contributed by atoms with Gasteiger partial charge in [-0.3, -0.25) is 9.59 Å². The van der Waals surface area contributed by atoms with Gasteiger partial charge in [0.25, 0.3) is 0 Å². The van der Waals surface area contributed by atoms with Gasteiger partial charge in [0, 0.05) is 13.5 Å². The molecular weight excluding hydrogens is 194 g/mol. The number of likely N-dealkylation sites (N-methyl/N-ethyl adjacent to an activating group) is 1. The van der Waals surface area contributed by atoms with Crippen molar-refractivity contribution in [3.05, 3.63) is 12.2 Å². The Bertz CT molecular complexity index is 337. The summed E-state index contributed by atoms with van der Waals surface area (Å²) in [5, 5.41) is 9.00. The van der Waals surface area contributed by atoms with Crippen LogP contribution in [0.5, 0.6) is 0 Å². The second kappa shape index (κ2) is 3.36. The maximum atomic E-state index is 11.5. The van der Waals surface area contributed by atoms with Gasteiger partial charge in [0.2, 0.25) is 5.91 Å². The number of hydrogen-bond donors (Lipinski definition) is 1. The van der Waals surface area contributed by atoms with E-state index in [1.54, 1.807) is 11.9 Å². The summed E-state index contributed by atoms with van der Waals surface area (Å²) in [6.45, 7) is 0. The van der Waals surface area contributed by atoms with Gasteiger partial charge in [-0.05, 0) is 19.3 Å². The Balaban J connectivity index is 2.23. The van der Waals surface area contributed by atoms with Crippen molar-refractivity contribution in [2.45, 2.75) is 31.2 Å². The number of aliphatic carboxylic acids is 1. The Morgan fingerprint density at radius 3 is 2.93 bits per heavy atom. The van der Waals surface area contributed by atoms with E-state index in [1.165, 1.54) is 0 Å². The van der Waals surface area contributed by atoms with E-state index in [0.717, 1.165) is 6.42 Å². The minimum atomic E-state index is -0.758. The van der Waals surface area contributed by atoms with Crippen LogP contribution in [-0.4, -0.2) is 34.5 Å². The lowest BCUT2D eigenvalue weighted by Crippen LogP contribution is -2.45. The Labute approximate surface area is 88.6 Å². The molecule has 2 aliphatic rings. The number of nitrogens with zero attached hydrogens (tertiary/aromatic N) is 1. The van der Waals surface area contributed by atoms with Gasteiger partial charge < -0.3 is 10.0 Å². The second-order valence-electron chi connectivity index (χ2n) is 4.43. The van der Waals surface area contributed by atoms with E-state index in [1.807, 2.05) is 12.2 Å². The molecule has 0 aromatic carbocycles. The molecular formula is C11H15NO3. The summed E-state index contributed by atoms with van der Waals surface area (Å²) < 4.78 is 0. The molecule has 2 rings (SSSR count). The summed E-state index contributed by atoms with van der Waals surface area (Å²) in [5.74, 6) is -0.986. The van der Waals surface area contributed by atoms with Gasteiger partial charge in [0.1, 0.15) is 0 Å². The molecule has 0 aromatic rings. The molecule has 1 spiro atoms. The number of likely N-dealkylation sites (tertiary alicyclic amines) is 1. The van der Waals surface area contributed by atoms with Gasteiger partial charge >= 0.3 is 5.97 Å². The number of rotatable bonds is 1. The summed E-state index contributed by atoms with van der Waals surface area (Å²) in [7, 11) is 1.77. The summed E-state index contributed by atoms with van der Waals surface area (Å²) in [6.07, 6.45) is 6.34. The maximum Gasteiger partial charge on any atom is 0.306 e. The molecule has 1 amide bonds. The SMILES string of the molecule is CN1C(=O)CCC12C=CCC(C(=O)O)C2. The first-order valence-electron chi connectivity index (χ1n) is 5.22. The van der Waals surface area contributed by atoms with Crippen LogP contribution in [0.3, 0.4) is 0 Å². The number of carboxylic acids is 1. The first kappa shape index (κ1) is 10.2. The zero-order valence-electron chi connectivity index (χ0n) is 8.77. The molecule has 0 aromatic heterocycles. The Morgan fingerprint density at radius 1 is 1.67 bits per heavy atom. The normalized spacial score (nSPS) is 35.1. The first-order valence-corrected chi connectivity index (χ1v) is 5.22. The number of carboxylic acid groups (broad SMARTS) is 1. The Hall–Kier alpha value is -1.32. The lowest BCUT2D eigenvalue weighted by atomic mass is 9.79. The predicted molar refractivity (Wildman–Crippen MR) is 54.2 cm³/mol. The maximum absolute atomic E-state index is 11.5. The van der Waals surface area contributed by atoms with Crippen LogP contribution in [0.2, 0.25) is 0 Å². The lowest BCUT2D eigenvalue weighted by Gasteiger charge is -2.37. The number of hydrogen-bond acceptors (Lipinski definition) is 2. The summed E-state index contributed by atoms with van der Waals surface area (Å²) in [6, 6.07) is 0. The van der Waals surface area contributed by atoms with Crippen LogP contribution in [0.15, 0.2) is 12.2 Å². The zero-order valence-corrected chi connectivity index (χ0v) is 8.77. The van der Waals surface area contributed by atoms with E-state index < -0.39 is 5.97 Å². The van der Waals surface area contributed by atoms with Crippen LogP contribution in [-0.2, 0) is 9.59 Å². The fourth-order valence-electron chi connectivity index (χ4n) is 2.56. The molecule has 1 aliphatic heterocycles. The van der Waals surface area contributed by atoms with Crippen molar-refractivity contribution in [1.29, 1.82) is 0 Å². The molecule has 1 heterocycles. The highest BCUT2D eigenvalue weighted by atomic mass is 16.4. The van der Waals surface area contributed by atoms with E-state index in [-0.39, 0.29) is 17.4 Å². The van der Waals surface area contributed by atoms with E-state index in [2.05, 4.69) is 0 Å². The monoisotopic (exact) mass is 209 g/mol. The number of amides is 1. The van der Waals surface area contributed by atoms with Crippen LogP contribution in [0.4, 0.5) is 0 Å². The molecule has 82 valence electrons. The third-order valence-electron chi connectivity index (χ3n) is 3.61. The molecule has 0 radical (unpaired) electrons. The quantitative estimate of drug-likeness (QED) is 0.656. The summed E-state index contributed by atoms with van der Waals surface area (Å²) >= 11 is 0. The van der Waals surface area contributed by atoms with E-state index in [4.69, 9.17) is 5.11 Å². The topological polar surface area (TPSA) is 57.6 Å². The second-order valence-corrected chi connectivity index (χ2v) is 4.43. The third kappa shape index (κ3) is 1.54. The fraction of sp³-hybridized carbons (Fsp3) is 0.636. The van der Waals surface area contributed by atoms with Crippen molar-refractivity contribution in [3.8, 4) is 0 Å². The van der Waals surface area contributed by atoms with E-state index in [0.29, 0.717) is 19.3 Å². The Morgan fingerprint density at radius 2 is 2.40 bits per heavy atom. The highest BCUT2D eigenvalue weighted by Gasteiger charge is 2.45. The first-order chi connectivity index (χ1) is 7.05. The van der Waals surface area contributed by atoms with Crippen molar-refractivity contribution < 1.29 is 14.7 Å². The average Bonchev–Trinajstić information content (AvgIpc) is 2.48. The molecule has 1 saturated heterocycles. The minimum Gasteiger partial charge on any atom is -0.481 e. The molecule has 0 bridgehead atoms. The summed E-state index contributed by atoms with van der Waals surface area (Å²) in [5.41, 5.74) is -0.321. The zero-order chi connectivity index (χ0) is 11.1. The molecule has 4 nitrogen and oxygen atoms in total. The van der Waals surface area contributed by atoms with Crippen LogP contribution >= 0.6 is 0 Å². The van der Waals surface area contributed by atoms with Crippen LogP contribution in [0.1, 0.15) is 25.7 Å². The van der Waals surface area contributed by atoms with Gasteiger partial charge in [-0.15, -0.1) is 0 Å². The van der Waals surface area contributed by atoms with Gasteiger partial charge in [-0.2, -0.15) is 0 Å². The molecule has 4 heteroatoms. The molecule has 1 fully saturated rings. The highest BCUT2D eigenvalue weighted by Crippen LogP contribution is 2.39. The lowest BCUT2D eigenvalue weighted by molar-refractivity contribution is -0.143. The van der Waals surface area contributed by atoms with E-state index >= 15 is 0 Å². The van der Waals surface area contributed by atoms with Gasteiger partial charge in [0.05, 0.1) is 11.5 Å². The van der Waals surface area contributed by atoms with Gasteiger partial charge in [-0.1, -0.05) is 12.2 Å². The third-order valence-corrected chi connectivity index (χ3v) is 3.61. The van der Waals surface area contributed by atoms with Crippen molar-refractivity contribution in [3.63, 3.8) is 0 Å². The number of allylic oxidation sites excluding steroid dienone is 1. The number of carbonyl (C=O) groups is 2. The standard InChI is InChI=1S/C11H15NO3/c1-12-9(13)4-6-11(12)5-2-3-8(7-11)10(14)15/h2,5,8H,3-4,6-7H2,1H3,(H,14,15). The fourth-order valence-corrected chi connectivity index (χ4v) is 2.56. The van der Waals surface area contributed by atoms with E-state index in [9.17, 15) is 9.59 Å². The van der Waals surface area contributed by atoms with Crippen LogP contribution in [0.25, 0.3) is 0 Å². The largest absolute Gasteiger partial charge is 0.481 e. The predicted octanol–water partition coefficient (Wildman–Crippen LogP) is 1.03. The van der Waals surface area contributed by atoms with Gasteiger partial charge in [-0.25, -0.2) is 0 Å². The van der Waals surface area contributed by atoms with Crippen molar-refractivity contribution in [2.75, 3.05) is 7.05 Å². The number of carbonyl (C=O) groups excluding carboxylic acids is 1. The molecule has 2 unspecified atom stereocenters. The molecule has 2 atom stereocenters. The van der Waals surface area contributed by atoms with Crippen molar-refractivity contribution in [2.24, 2.45) is 5.92 Å². The average molecular weight is 209 g/mol. The Kier molecular flexibility index (Phi) is 2.29. The smallest absolute Gasteiger partial charge is 0.306 e. The van der Waals surface area contributed by atoms with Crippen molar-refractivity contribution >= 4 is 11.9 Å². The highest BCUT2D eigenvalue weighted by molar-refractivity contribution is 5.80. The summed E-state index contributed by atoms with van der Waals surface area (Å²) in [4.78, 5) is 24.1. The molecule has 1 N–H and O–H groups in total. The van der Waals surface area contributed by atoms with Gasteiger partial charge in [0.15, 0.2) is 0 Å². The van der Waals surface area contributed by atoms with Crippen LogP contribution < -0.4 is 0 Å². The molecule has 1 aliphatic carbocycles. The van der Waals surface area contributed by atoms with Crippen LogP contribution in [0, 0.1) is 5.92 Å². The molecule has 0 saturated carbocycles. The molecule has 15 heavy (non-hydrogen) atoms.